The van der Waals surface area contributed by atoms with Crippen molar-refractivity contribution in [1.82, 2.24) is 5.32 Å². The van der Waals surface area contributed by atoms with E-state index in [1.54, 1.807) is 0 Å². The number of hydrogen-bond donors (Lipinski definition) is 1. The number of aliphatic imine (C=N–C) groups is 2. The Morgan fingerprint density at radius 3 is 0.983 bits per heavy atom. The number of hydrogen-bond acceptors (Lipinski definition) is 3. The van der Waals surface area contributed by atoms with Crippen molar-refractivity contribution in [3.63, 3.8) is 0 Å². The number of rotatable bonds is 3. The smallest absolute Gasteiger partial charge is 0.159 e. The van der Waals surface area contributed by atoms with Crippen LogP contribution in [0.15, 0.2) is 210 Å². The average Bonchev–Trinajstić information content (AvgIpc) is 3.33. The minimum Gasteiger partial charge on any atom is -0.344 e. The second-order valence-corrected chi connectivity index (χ2v) is 16.1. The van der Waals surface area contributed by atoms with Crippen molar-refractivity contribution in [3.8, 4) is 0 Å². The molecule has 1 heterocycles. The van der Waals surface area contributed by atoms with Gasteiger partial charge in [0.15, 0.2) is 5.84 Å². The molecule has 0 aromatic heterocycles. The van der Waals surface area contributed by atoms with Gasteiger partial charge in [-0.1, -0.05) is 182 Å². The maximum atomic E-state index is 5.47. The van der Waals surface area contributed by atoms with Crippen LogP contribution < -0.4 is 5.32 Å². The largest absolute Gasteiger partial charge is 0.344 e. The fourth-order valence-electron chi connectivity index (χ4n) is 10.1. The predicted octanol–water partition coefficient (Wildman–Crippen LogP) is 14.6. The first-order valence-electron chi connectivity index (χ1n) is 20.7. The van der Waals surface area contributed by atoms with Gasteiger partial charge in [0.2, 0.25) is 0 Å². The third-order valence-electron chi connectivity index (χ3n) is 12.8. The Bertz CT molecular complexity index is 3770. The monoisotopic (exact) mass is 761 g/mol. The van der Waals surface area contributed by atoms with Crippen molar-refractivity contribution in [2.24, 2.45) is 9.98 Å². The lowest BCUT2D eigenvalue weighted by molar-refractivity contribution is 0.675. The molecule has 1 unspecified atom stereocenters. The molecule has 0 amide bonds. The Morgan fingerprint density at radius 2 is 0.583 bits per heavy atom. The summed E-state index contributed by atoms with van der Waals surface area (Å²) in [5.41, 5.74) is 3.10. The van der Waals surface area contributed by atoms with Crippen LogP contribution in [-0.2, 0) is 0 Å². The molecular weight excluding hydrogens is 727 g/mol. The van der Waals surface area contributed by atoms with Crippen molar-refractivity contribution in [3.05, 3.63) is 217 Å². The highest BCUT2D eigenvalue weighted by molar-refractivity contribution is 6.29. The predicted molar refractivity (Wildman–Crippen MR) is 256 cm³/mol. The van der Waals surface area contributed by atoms with Gasteiger partial charge < -0.3 is 5.32 Å². The first kappa shape index (κ1) is 33.1. The topological polar surface area (TPSA) is 36.8 Å². The van der Waals surface area contributed by atoms with E-state index < -0.39 is 0 Å². The van der Waals surface area contributed by atoms with Gasteiger partial charge in [0.25, 0.3) is 0 Å². The number of amidine groups is 2. The van der Waals surface area contributed by atoms with Crippen molar-refractivity contribution < 1.29 is 0 Å². The first-order chi connectivity index (χ1) is 29.7. The lowest BCUT2D eigenvalue weighted by Gasteiger charge is -2.25. The SMILES string of the molecule is c1ccc2c(c1)c1ccccc1c1cc(C3=NC(c4ccc5c6ccccc6c6ccccc6c5c4)NC(c4ccc5c6ccccc6c6ccccc6c5c4)=N3)ccc21. The molecule has 0 bridgehead atoms. The van der Waals surface area contributed by atoms with Gasteiger partial charge in [0.05, 0.1) is 0 Å². The fourth-order valence-corrected chi connectivity index (χ4v) is 10.1. The van der Waals surface area contributed by atoms with Crippen LogP contribution in [0.5, 0.6) is 0 Å². The van der Waals surface area contributed by atoms with E-state index in [0.29, 0.717) is 5.84 Å². The lowest BCUT2D eigenvalue weighted by atomic mass is 9.92. The van der Waals surface area contributed by atoms with Gasteiger partial charge >= 0.3 is 0 Å². The fraction of sp³-hybridized carbons (Fsp3) is 0.0175. The number of fused-ring (bicyclic) bond motifs is 18. The van der Waals surface area contributed by atoms with Crippen LogP contribution in [0.1, 0.15) is 22.9 Å². The number of nitrogens with one attached hydrogen (secondary N) is 1. The quantitative estimate of drug-likeness (QED) is 0.179. The van der Waals surface area contributed by atoms with E-state index in [1.165, 1.54) is 97.0 Å². The molecule has 1 N–H and O–H groups in total. The summed E-state index contributed by atoms with van der Waals surface area (Å²) in [6.45, 7) is 0. The summed E-state index contributed by atoms with van der Waals surface area (Å²) in [4.78, 5) is 10.9. The molecule has 1 atom stereocenters. The zero-order valence-corrected chi connectivity index (χ0v) is 32.5. The van der Waals surface area contributed by atoms with E-state index in [4.69, 9.17) is 9.98 Å². The molecule has 1 aliphatic heterocycles. The zero-order valence-electron chi connectivity index (χ0n) is 32.5. The second kappa shape index (κ2) is 12.8. The van der Waals surface area contributed by atoms with Crippen molar-refractivity contribution in [2.45, 2.75) is 6.17 Å². The maximum absolute atomic E-state index is 5.47. The Balaban J connectivity index is 1.04. The van der Waals surface area contributed by atoms with Crippen LogP contribution >= 0.6 is 0 Å². The molecule has 0 aliphatic carbocycles. The lowest BCUT2D eigenvalue weighted by Crippen LogP contribution is -2.33. The van der Waals surface area contributed by atoms with Gasteiger partial charge in [-0.3, -0.25) is 0 Å². The third kappa shape index (κ3) is 4.90. The van der Waals surface area contributed by atoms with Crippen LogP contribution in [0.25, 0.3) is 97.0 Å². The maximum Gasteiger partial charge on any atom is 0.159 e. The van der Waals surface area contributed by atoms with Crippen LogP contribution in [-0.4, -0.2) is 11.7 Å². The summed E-state index contributed by atoms with van der Waals surface area (Å²) in [5, 5.41) is 26.2. The van der Waals surface area contributed by atoms with Crippen molar-refractivity contribution in [1.29, 1.82) is 0 Å². The summed E-state index contributed by atoms with van der Waals surface area (Å²) >= 11 is 0. The molecule has 0 radical (unpaired) electrons. The minimum absolute atomic E-state index is 0.379. The van der Waals surface area contributed by atoms with E-state index in [2.05, 4.69) is 206 Å². The summed E-state index contributed by atoms with van der Waals surface area (Å²) in [6.07, 6.45) is -0.379. The van der Waals surface area contributed by atoms with E-state index in [9.17, 15) is 0 Å². The van der Waals surface area contributed by atoms with Crippen LogP contribution in [0, 0.1) is 0 Å². The van der Waals surface area contributed by atoms with E-state index >= 15 is 0 Å². The standard InChI is InChI=1S/C57H35N3/c1-4-19-43-37(13-1)40-16-7-10-22-46(40)52-31-34(25-28-49(43)52)55-58-56(35-26-29-50-44-20-5-2-14-38(44)41-17-8-11-23-47(41)53(50)32-35)60-57(59-55)36-27-30-51-45-21-6-3-15-39(45)42-18-9-12-24-48(42)54(51)33-36/h1-33,55H,(H,58,59,60). The summed E-state index contributed by atoms with van der Waals surface area (Å²) < 4.78 is 0. The molecule has 0 spiro atoms. The number of nitrogens with zero attached hydrogens (tertiary/aromatic N) is 2. The second-order valence-electron chi connectivity index (χ2n) is 16.1. The molecule has 12 aromatic carbocycles. The molecule has 3 nitrogen and oxygen atoms in total. The molecule has 13 rings (SSSR count). The van der Waals surface area contributed by atoms with Gasteiger partial charge in [-0.15, -0.1) is 0 Å². The van der Waals surface area contributed by atoms with Crippen molar-refractivity contribution >= 4 is 109 Å². The highest BCUT2D eigenvalue weighted by atomic mass is 15.2. The molecule has 0 fully saturated rings. The van der Waals surface area contributed by atoms with Gasteiger partial charge in [-0.25, -0.2) is 9.98 Å². The Hall–Kier alpha value is -7.88. The molecule has 278 valence electrons. The van der Waals surface area contributed by atoms with E-state index in [0.717, 1.165) is 22.5 Å². The van der Waals surface area contributed by atoms with Crippen molar-refractivity contribution in [2.75, 3.05) is 0 Å². The van der Waals surface area contributed by atoms with Gasteiger partial charge in [0, 0.05) is 11.1 Å². The molecule has 60 heavy (non-hydrogen) atoms. The van der Waals surface area contributed by atoms with E-state index in [-0.39, 0.29) is 6.17 Å². The molecule has 3 heteroatoms. The molecule has 12 aromatic rings. The summed E-state index contributed by atoms with van der Waals surface area (Å²) in [5.74, 6) is 1.51. The minimum atomic E-state index is -0.379. The normalized spacial score (nSPS) is 14.5. The average molecular weight is 762 g/mol. The Kier molecular flexibility index (Phi) is 7.07. The van der Waals surface area contributed by atoms with E-state index in [1.807, 2.05) is 0 Å². The number of benzene rings is 12. The van der Waals surface area contributed by atoms with Gasteiger partial charge in [0.1, 0.15) is 12.0 Å². The van der Waals surface area contributed by atoms with Crippen LogP contribution in [0.2, 0.25) is 0 Å². The Labute approximate surface area is 345 Å². The summed E-state index contributed by atoms with van der Waals surface area (Å²) in [6, 6.07) is 72.9. The highest BCUT2D eigenvalue weighted by Crippen LogP contribution is 2.40. The zero-order chi connectivity index (χ0) is 39.3. The first-order valence-corrected chi connectivity index (χ1v) is 20.7. The van der Waals surface area contributed by atoms with Crippen LogP contribution in [0.3, 0.4) is 0 Å². The molecule has 0 saturated heterocycles. The molecular formula is C57H35N3. The third-order valence-corrected chi connectivity index (χ3v) is 12.8. The highest BCUT2D eigenvalue weighted by Gasteiger charge is 2.24. The van der Waals surface area contributed by atoms with Gasteiger partial charge in [-0.2, -0.15) is 0 Å². The molecule has 1 aliphatic rings. The Morgan fingerprint density at radius 1 is 0.283 bits per heavy atom. The molecule has 0 saturated carbocycles. The summed E-state index contributed by atoms with van der Waals surface area (Å²) in [7, 11) is 0. The van der Waals surface area contributed by atoms with Gasteiger partial charge in [-0.05, 0) is 121 Å². The van der Waals surface area contributed by atoms with Crippen LogP contribution in [0.4, 0.5) is 0 Å².